The van der Waals surface area contributed by atoms with E-state index < -0.39 is 6.09 Å². The summed E-state index contributed by atoms with van der Waals surface area (Å²) < 4.78 is 13.1. The molecule has 7 rings (SSSR count). The van der Waals surface area contributed by atoms with Crippen molar-refractivity contribution in [2.45, 2.75) is 82.6 Å². The minimum absolute atomic E-state index is 0.0908. The van der Waals surface area contributed by atoms with Gasteiger partial charge >= 0.3 is 6.09 Å². The van der Waals surface area contributed by atoms with Crippen molar-refractivity contribution < 1.29 is 19.1 Å². The zero-order valence-electron chi connectivity index (χ0n) is 22.2. The Hall–Kier alpha value is -3.61. The summed E-state index contributed by atoms with van der Waals surface area (Å²) in [5.41, 5.74) is 3.60. The van der Waals surface area contributed by atoms with E-state index in [0.29, 0.717) is 18.6 Å². The number of ether oxygens (including phenoxy) is 2. The molecule has 1 unspecified atom stereocenters. The number of hydrogen-bond donors (Lipinski definition) is 0. The molecular formula is C32H35N3O4. The number of carbonyl (C=O) groups is 2. The van der Waals surface area contributed by atoms with E-state index in [-0.39, 0.29) is 18.6 Å². The molecule has 0 saturated heterocycles. The van der Waals surface area contributed by atoms with Gasteiger partial charge < -0.3 is 14.4 Å². The van der Waals surface area contributed by atoms with Crippen LogP contribution in [0.5, 0.6) is 5.75 Å². The largest absolute Gasteiger partial charge is 0.490 e. The normalized spacial score (nSPS) is 20.4. The molecule has 0 aliphatic heterocycles. The average molecular weight is 526 g/mol. The fourth-order valence-corrected chi connectivity index (χ4v) is 5.99. The van der Waals surface area contributed by atoms with Crippen LogP contribution < -0.4 is 4.74 Å². The number of aryl methyl sites for hydroxylation is 1. The van der Waals surface area contributed by atoms with Gasteiger partial charge in [0.15, 0.2) is 0 Å². The van der Waals surface area contributed by atoms with Crippen LogP contribution >= 0.6 is 0 Å². The Bertz CT molecular complexity index is 1330. The highest BCUT2D eigenvalue weighted by molar-refractivity contribution is 5.95. The molecule has 3 aromatic rings. The Balaban J connectivity index is 1.01. The molecule has 0 N–H and O–H groups in total. The number of aromatic nitrogens is 2. The number of benzene rings is 2. The Kier molecular flexibility index (Phi) is 6.37. The Labute approximate surface area is 229 Å². The van der Waals surface area contributed by atoms with Crippen LogP contribution in [0.15, 0.2) is 60.8 Å². The smallest absolute Gasteiger partial charge is 0.435 e. The molecule has 3 fully saturated rings. The third kappa shape index (κ3) is 5.45. The minimum atomic E-state index is -0.479. The Morgan fingerprint density at radius 2 is 1.62 bits per heavy atom. The van der Waals surface area contributed by atoms with Gasteiger partial charge in [-0.2, -0.15) is 9.78 Å². The predicted molar refractivity (Wildman–Crippen MR) is 146 cm³/mol. The molecule has 39 heavy (non-hydrogen) atoms. The summed E-state index contributed by atoms with van der Waals surface area (Å²) in [6, 6.07) is 17.8. The average Bonchev–Trinajstić information content (AvgIpc) is 3.82. The zero-order chi connectivity index (χ0) is 26.3. The van der Waals surface area contributed by atoms with Crippen molar-refractivity contribution in [3.8, 4) is 5.75 Å². The van der Waals surface area contributed by atoms with Gasteiger partial charge in [-0.3, -0.25) is 4.79 Å². The van der Waals surface area contributed by atoms with E-state index in [2.05, 4.69) is 10.00 Å². The second kappa shape index (κ2) is 10.2. The van der Waals surface area contributed by atoms with Gasteiger partial charge in [0.2, 0.25) is 0 Å². The topological polar surface area (TPSA) is 73.7 Å². The van der Waals surface area contributed by atoms with Gasteiger partial charge in [0, 0.05) is 23.8 Å². The van der Waals surface area contributed by atoms with Crippen molar-refractivity contribution in [1.82, 2.24) is 14.7 Å². The first-order chi connectivity index (χ1) is 19.1. The summed E-state index contributed by atoms with van der Waals surface area (Å²) >= 11 is 0. The molecule has 4 aliphatic rings. The molecule has 7 nitrogen and oxygen atoms in total. The lowest BCUT2D eigenvalue weighted by molar-refractivity contribution is 0.0642. The van der Waals surface area contributed by atoms with E-state index >= 15 is 0 Å². The van der Waals surface area contributed by atoms with E-state index in [9.17, 15) is 9.59 Å². The third-order valence-corrected chi connectivity index (χ3v) is 8.55. The zero-order valence-corrected chi connectivity index (χ0v) is 22.2. The molecule has 1 aromatic heterocycles. The molecule has 1 atom stereocenters. The highest BCUT2D eigenvalue weighted by Gasteiger charge is 2.43. The molecule has 0 spiro atoms. The van der Waals surface area contributed by atoms with Crippen molar-refractivity contribution in [2.75, 3.05) is 0 Å². The lowest BCUT2D eigenvalue weighted by atomic mass is 9.91. The van der Waals surface area contributed by atoms with E-state index in [1.54, 1.807) is 6.20 Å². The maximum atomic E-state index is 13.7. The van der Waals surface area contributed by atoms with Gasteiger partial charge in [-0.05, 0) is 105 Å². The van der Waals surface area contributed by atoms with Crippen molar-refractivity contribution in [3.63, 3.8) is 0 Å². The maximum absolute atomic E-state index is 13.7. The van der Waals surface area contributed by atoms with Gasteiger partial charge in [-0.25, -0.2) is 4.79 Å². The summed E-state index contributed by atoms with van der Waals surface area (Å²) in [4.78, 5) is 28.5. The quantitative estimate of drug-likeness (QED) is 0.353. The molecular weight excluding hydrogens is 490 g/mol. The van der Waals surface area contributed by atoms with Crippen LogP contribution in [0, 0.1) is 11.8 Å². The van der Waals surface area contributed by atoms with Crippen molar-refractivity contribution in [2.24, 2.45) is 11.8 Å². The van der Waals surface area contributed by atoms with E-state index in [1.807, 2.05) is 54.6 Å². The van der Waals surface area contributed by atoms with Crippen molar-refractivity contribution >= 4 is 12.0 Å². The molecule has 2 aromatic carbocycles. The fraction of sp³-hybridized carbons (Fsp3) is 0.469. The molecule has 202 valence electrons. The van der Waals surface area contributed by atoms with E-state index in [0.717, 1.165) is 65.7 Å². The monoisotopic (exact) mass is 525 g/mol. The summed E-state index contributed by atoms with van der Waals surface area (Å²) in [6.45, 7) is 0.211. The molecule has 7 heteroatoms. The predicted octanol–water partition coefficient (Wildman–Crippen LogP) is 5.80. The van der Waals surface area contributed by atoms with E-state index in [4.69, 9.17) is 9.47 Å². The molecule has 0 bridgehead atoms. The van der Waals surface area contributed by atoms with Crippen LogP contribution in [0.3, 0.4) is 0 Å². The first-order valence-corrected chi connectivity index (χ1v) is 14.5. The molecule has 1 amide bonds. The Morgan fingerprint density at radius 3 is 2.28 bits per heavy atom. The molecule has 3 saturated carbocycles. The number of amides is 1. The van der Waals surface area contributed by atoms with Crippen LogP contribution in [0.25, 0.3) is 0 Å². The number of hydrogen-bond acceptors (Lipinski definition) is 5. The number of nitrogens with zero attached hydrogens (tertiary/aromatic N) is 3. The summed E-state index contributed by atoms with van der Waals surface area (Å²) in [5.74, 6) is 2.40. The second-order valence-corrected chi connectivity index (χ2v) is 11.7. The molecule has 4 aliphatic carbocycles. The van der Waals surface area contributed by atoms with Gasteiger partial charge in [0.25, 0.3) is 5.91 Å². The third-order valence-electron chi connectivity index (χ3n) is 8.55. The van der Waals surface area contributed by atoms with Crippen LogP contribution in [-0.4, -0.2) is 44.9 Å². The van der Waals surface area contributed by atoms with Crippen LogP contribution in [-0.2, 0) is 24.2 Å². The first-order valence-electron chi connectivity index (χ1n) is 14.5. The highest BCUT2D eigenvalue weighted by Crippen LogP contribution is 2.46. The number of fused-ring (bicyclic) bond motifs is 1. The highest BCUT2D eigenvalue weighted by atomic mass is 16.6. The van der Waals surface area contributed by atoms with Gasteiger partial charge in [-0.15, -0.1) is 0 Å². The second-order valence-electron chi connectivity index (χ2n) is 11.7. The number of rotatable bonds is 9. The first kappa shape index (κ1) is 24.4. The maximum Gasteiger partial charge on any atom is 0.435 e. The standard InChI is InChI=1S/C32H35N3O4/c36-31(24-10-15-28(16-11-24)39-30(22-6-7-22)23-8-9-23)35(26-12-13-26)27-14-17-29-25(18-27)19-34(33-29)32(37)38-20-21-4-2-1-3-5-21/h1-5,10-11,15-16,19,22-23,26-27,30H,6-9,12-14,17-18,20H2. The molecule has 0 radical (unpaired) electrons. The van der Waals surface area contributed by atoms with Crippen LogP contribution in [0.1, 0.15) is 72.1 Å². The van der Waals surface area contributed by atoms with Crippen LogP contribution in [0.2, 0.25) is 0 Å². The van der Waals surface area contributed by atoms with Gasteiger partial charge in [-0.1, -0.05) is 30.3 Å². The van der Waals surface area contributed by atoms with E-state index in [1.165, 1.54) is 30.4 Å². The van der Waals surface area contributed by atoms with Crippen LogP contribution in [0.4, 0.5) is 4.79 Å². The van der Waals surface area contributed by atoms with Crippen molar-refractivity contribution in [1.29, 1.82) is 0 Å². The lowest BCUT2D eigenvalue weighted by Gasteiger charge is -2.34. The summed E-state index contributed by atoms with van der Waals surface area (Å²) in [7, 11) is 0. The van der Waals surface area contributed by atoms with Crippen molar-refractivity contribution in [3.05, 3.63) is 83.2 Å². The number of carbonyl (C=O) groups excluding carboxylic acids is 2. The lowest BCUT2D eigenvalue weighted by Crippen LogP contribution is -2.44. The molecule has 1 heterocycles. The summed E-state index contributed by atoms with van der Waals surface area (Å²) in [5, 5.41) is 4.51. The Morgan fingerprint density at radius 1 is 0.897 bits per heavy atom. The summed E-state index contributed by atoms with van der Waals surface area (Å²) in [6.07, 6.45) is 11.2. The van der Waals surface area contributed by atoms with Gasteiger partial charge in [0.05, 0.1) is 5.69 Å². The fourth-order valence-electron chi connectivity index (χ4n) is 5.99. The SMILES string of the molecule is O=C(c1ccc(OC(C2CC2)C2CC2)cc1)N(C1CC1)C1CCc2nn(C(=O)OCc3ccccc3)cc2C1. The minimum Gasteiger partial charge on any atom is -0.490 e. The van der Waals surface area contributed by atoms with Gasteiger partial charge in [0.1, 0.15) is 18.5 Å².